The van der Waals surface area contributed by atoms with Crippen molar-refractivity contribution >= 4 is 15.0 Å². The van der Waals surface area contributed by atoms with Gasteiger partial charge < -0.3 is 4.65 Å². The molecule has 0 N–H and O–H groups in total. The van der Waals surface area contributed by atoms with Crippen molar-refractivity contribution in [2.24, 2.45) is 5.92 Å². The maximum Gasteiger partial charge on any atom is 0.297 e. The van der Waals surface area contributed by atoms with E-state index in [-0.39, 0.29) is 6.10 Å². The molecule has 0 spiro atoms. The molecule has 1 nitrogen and oxygen atoms in total. The number of fused-ring (bicyclic) bond motifs is 3. The second kappa shape index (κ2) is 8.15. The third kappa shape index (κ3) is 4.41. The Morgan fingerprint density at radius 3 is 2.32 bits per heavy atom. The predicted octanol–water partition coefficient (Wildman–Crippen LogP) is 6.36. The molecule has 3 heteroatoms. The van der Waals surface area contributed by atoms with E-state index in [1.54, 1.807) is 0 Å². The van der Waals surface area contributed by atoms with Gasteiger partial charge in [-0.15, -0.1) is 12.3 Å². The van der Waals surface area contributed by atoms with E-state index in [4.69, 9.17) is 11.1 Å². The summed E-state index contributed by atoms with van der Waals surface area (Å²) in [6.45, 7) is 8.05. The molecule has 2 saturated heterocycles. The quantitative estimate of drug-likeness (QED) is 0.442. The zero-order valence-electron chi connectivity index (χ0n) is 16.2. The van der Waals surface area contributed by atoms with E-state index in [2.05, 4.69) is 55.9 Å². The fourth-order valence-electron chi connectivity index (χ4n) is 5.43. The van der Waals surface area contributed by atoms with Crippen LogP contribution in [0.1, 0.15) is 56.6 Å². The van der Waals surface area contributed by atoms with Gasteiger partial charge in [-0.3, -0.25) is 0 Å². The molecule has 2 heterocycles. The van der Waals surface area contributed by atoms with Crippen molar-refractivity contribution in [3.63, 3.8) is 0 Å². The lowest BCUT2D eigenvalue weighted by Gasteiger charge is -2.39. The van der Waals surface area contributed by atoms with Gasteiger partial charge in [0.1, 0.15) is 0 Å². The molecular weight excluding hydrogens is 319 g/mol. The molecule has 0 aromatic heterocycles. The van der Waals surface area contributed by atoms with Crippen molar-refractivity contribution in [1.82, 2.24) is 0 Å². The fourth-order valence-corrected chi connectivity index (χ4v) is 8.51. The van der Waals surface area contributed by atoms with E-state index >= 15 is 0 Å². The standard InChI is InChI=1S/C22H33BOSi/c1-5-11-21(18-12-7-6-8-13-18)24-23-20-16-9-14-19(15-10-17-20)22(23)25(2,3)4/h1,6-8,12-13,19-22H,9-11,14-17H2,2-4H3/t19?,20?,21-,22?/m1/s1. The van der Waals surface area contributed by atoms with E-state index in [1.165, 1.54) is 44.1 Å². The summed E-state index contributed by atoms with van der Waals surface area (Å²) in [5.41, 5.74) is 2.01. The van der Waals surface area contributed by atoms with Gasteiger partial charge in [0.05, 0.1) is 6.10 Å². The van der Waals surface area contributed by atoms with Gasteiger partial charge in [-0.05, 0) is 22.7 Å². The Balaban J connectivity index is 1.91. The Labute approximate surface area is 156 Å². The first-order valence-corrected chi connectivity index (χ1v) is 13.7. The van der Waals surface area contributed by atoms with Gasteiger partial charge in [0, 0.05) is 14.5 Å². The third-order valence-corrected chi connectivity index (χ3v) is 9.22. The van der Waals surface area contributed by atoms with Crippen molar-refractivity contribution in [3.8, 4) is 12.3 Å². The predicted molar refractivity (Wildman–Crippen MR) is 112 cm³/mol. The van der Waals surface area contributed by atoms with Crippen LogP contribution in [0.25, 0.3) is 0 Å². The van der Waals surface area contributed by atoms with E-state index in [1.807, 2.05) is 0 Å². The molecule has 2 aliphatic heterocycles. The molecule has 1 unspecified atom stereocenters. The molecule has 0 amide bonds. The molecule has 2 fully saturated rings. The fraction of sp³-hybridized carbons (Fsp3) is 0.636. The minimum absolute atomic E-state index is 0.0504. The Morgan fingerprint density at radius 2 is 1.76 bits per heavy atom. The van der Waals surface area contributed by atoms with Crippen LogP contribution in [0.4, 0.5) is 0 Å². The van der Waals surface area contributed by atoms with E-state index in [0.29, 0.717) is 13.3 Å². The lowest BCUT2D eigenvalue weighted by atomic mass is 9.50. The van der Waals surface area contributed by atoms with Gasteiger partial charge in [-0.25, -0.2) is 0 Å². The van der Waals surface area contributed by atoms with Crippen molar-refractivity contribution in [3.05, 3.63) is 35.9 Å². The Hall–Kier alpha value is -0.978. The number of benzene rings is 1. The molecule has 25 heavy (non-hydrogen) atoms. The summed E-state index contributed by atoms with van der Waals surface area (Å²) in [5, 5.41) is 0. The molecule has 2 aliphatic rings. The van der Waals surface area contributed by atoms with Crippen LogP contribution in [0.5, 0.6) is 0 Å². The van der Waals surface area contributed by atoms with Crippen molar-refractivity contribution in [1.29, 1.82) is 0 Å². The van der Waals surface area contributed by atoms with Crippen molar-refractivity contribution in [2.75, 3.05) is 0 Å². The van der Waals surface area contributed by atoms with Gasteiger partial charge in [0.2, 0.25) is 0 Å². The summed E-state index contributed by atoms with van der Waals surface area (Å²) in [6, 6.07) is 10.6. The molecule has 0 radical (unpaired) electrons. The van der Waals surface area contributed by atoms with Crippen LogP contribution < -0.4 is 0 Å². The zero-order valence-corrected chi connectivity index (χ0v) is 17.2. The topological polar surface area (TPSA) is 9.23 Å². The van der Waals surface area contributed by atoms with Gasteiger partial charge in [0.25, 0.3) is 6.92 Å². The van der Waals surface area contributed by atoms with Crippen LogP contribution in [0, 0.1) is 18.3 Å². The highest BCUT2D eigenvalue weighted by Crippen LogP contribution is 2.51. The Morgan fingerprint density at radius 1 is 1.12 bits per heavy atom. The lowest BCUT2D eigenvalue weighted by Crippen LogP contribution is -2.45. The smallest absolute Gasteiger partial charge is 0.297 e. The van der Waals surface area contributed by atoms with Crippen LogP contribution >= 0.6 is 0 Å². The van der Waals surface area contributed by atoms with Crippen LogP contribution in [0.2, 0.25) is 30.9 Å². The molecule has 1 aromatic carbocycles. The molecule has 134 valence electrons. The zero-order chi connectivity index (χ0) is 17.9. The highest BCUT2D eigenvalue weighted by atomic mass is 28.3. The first kappa shape index (κ1) is 18.8. The van der Waals surface area contributed by atoms with E-state index in [9.17, 15) is 0 Å². The van der Waals surface area contributed by atoms with Crippen molar-refractivity contribution < 1.29 is 4.65 Å². The minimum atomic E-state index is -1.30. The molecule has 1 aromatic rings. The first-order valence-electron chi connectivity index (χ1n) is 10.1. The van der Waals surface area contributed by atoms with Gasteiger partial charge >= 0.3 is 0 Å². The SMILES string of the molecule is C#CC[C@@H](OB1C2CCCC(CCC2)C1[Si](C)(C)C)c1ccccc1. The van der Waals surface area contributed by atoms with E-state index in [0.717, 1.165) is 17.2 Å². The monoisotopic (exact) mass is 352 g/mol. The summed E-state index contributed by atoms with van der Waals surface area (Å²) in [6.07, 6.45) is 14.7. The lowest BCUT2D eigenvalue weighted by molar-refractivity contribution is 0.201. The summed E-state index contributed by atoms with van der Waals surface area (Å²) in [5.74, 6) is 4.47. The highest BCUT2D eigenvalue weighted by Gasteiger charge is 2.49. The Kier molecular flexibility index (Phi) is 6.13. The molecule has 0 saturated carbocycles. The summed E-state index contributed by atoms with van der Waals surface area (Å²) < 4.78 is 6.94. The van der Waals surface area contributed by atoms with Crippen LogP contribution in [-0.4, -0.2) is 15.0 Å². The van der Waals surface area contributed by atoms with Gasteiger partial charge in [-0.1, -0.05) is 88.5 Å². The van der Waals surface area contributed by atoms with Crippen LogP contribution in [0.15, 0.2) is 30.3 Å². The number of terminal acetylenes is 1. The maximum absolute atomic E-state index is 6.94. The second-order valence-corrected chi connectivity index (χ2v) is 14.6. The molecule has 2 bridgehead atoms. The summed E-state index contributed by atoms with van der Waals surface area (Å²) in [7, 11) is -1.30. The first-order chi connectivity index (χ1) is 12.0. The normalized spacial score (nSPS) is 28.1. The third-order valence-electron chi connectivity index (χ3n) is 6.42. The number of hydrogen-bond donors (Lipinski definition) is 0. The van der Waals surface area contributed by atoms with Crippen LogP contribution in [-0.2, 0) is 4.65 Å². The minimum Gasteiger partial charge on any atom is -0.428 e. The number of rotatable bonds is 5. The second-order valence-electron chi connectivity index (χ2n) is 9.18. The van der Waals surface area contributed by atoms with Gasteiger partial charge in [-0.2, -0.15) is 0 Å². The summed E-state index contributed by atoms with van der Waals surface area (Å²) >= 11 is 0. The number of hydrogen-bond acceptors (Lipinski definition) is 1. The average molecular weight is 352 g/mol. The molecule has 3 rings (SSSR count). The molecule has 0 aliphatic carbocycles. The Bertz CT molecular complexity index is 578. The van der Waals surface area contributed by atoms with Crippen LogP contribution in [0.3, 0.4) is 0 Å². The molecule has 2 atom stereocenters. The van der Waals surface area contributed by atoms with E-state index < -0.39 is 8.07 Å². The van der Waals surface area contributed by atoms with Gasteiger partial charge in [0.15, 0.2) is 0 Å². The molecular formula is C22H33BOSi. The summed E-state index contributed by atoms with van der Waals surface area (Å²) in [4.78, 5) is 0. The average Bonchev–Trinajstić information content (AvgIpc) is 2.83. The van der Waals surface area contributed by atoms with Crippen molar-refractivity contribution in [2.45, 2.75) is 81.9 Å². The maximum atomic E-state index is 6.94. The highest BCUT2D eigenvalue weighted by molar-refractivity contribution is 6.88. The largest absolute Gasteiger partial charge is 0.428 e.